The Labute approximate surface area is 150 Å². The Hall–Kier alpha value is -1.76. The average Bonchev–Trinajstić information content (AvgIpc) is 2.55. The first kappa shape index (κ1) is 18.6. The number of hydrogen-bond acceptors (Lipinski definition) is 4. The van der Waals surface area contributed by atoms with Gasteiger partial charge >= 0.3 is 0 Å². The quantitative estimate of drug-likeness (QED) is 0.708. The molecule has 128 valence electrons. The number of methoxy groups -OCH3 is 1. The average molecular weight is 388 g/mol. The van der Waals surface area contributed by atoms with Crippen LogP contribution >= 0.6 is 23.2 Å². The summed E-state index contributed by atoms with van der Waals surface area (Å²) in [4.78, 5) is 11.7. The maximum Gasteiger partial charge on any atom is 0.265 e. The van der Waals surface area contributed by atoms with Crippen LogP contribution in [0.5, 0.6) is 5.75 Å². The lowest BCUT2D eigenvalue weighted by Gasteiger charge is -2.29. The topological polar surface area (TPSA) is 63.7 Å². The number of ether oxygens (including phenoxy) is 1. The molecule has 0 heterocycles. The number of carbonyl (C=O) groups is 1. The highest BCUT2D eigenvalue weighted by Crippen LogP contribution is 2.34. The van der Waals surface area contributed by atoms with Crippen molar-refractivity contribution in [2.75, 3.05) is 11.4 Å². The minimum Gasteiger partial charge on any atom is -0.495 e. The van der Waals surface area contributed by atoms with Crippen LogP contribution in [0.2, 0.25) is 5.02 Å². The van der Waals surface area contributed by atoms with Crippen LogP contribution in [0.3, 0.4) is 0 Å². The summed E-state index contributed by atoms with van der Waals surface area (Å²) in [6.45, 7) is 1.41. The van der Waals surface area contributed by atoms with Gasteiger partial charge in [-0.2, -0.15) is 0 Å². The van der Waals surface area contributed by atoms with Gasteiger partial charge in [0.2, 0.25) is 5.24 Å². The van der Waals surface area contributed by atoms with Crippen molar-refractivity contribution in [3.63, 3.8) is 0 Å². The summed E-state index contributed by atoms with van der Waals surface area (Å²) in [7, 11) is -2.64. The van der Waals surface area contributed by atoms with Gasteiger partial charge in [-0.15, -0.1) is 0 Å². The summed E-state index contributed by atoms with van der Waals surface area (Å²) in [6.07, 6.45) is 0. The molecule has 24 heavy (non-hydrogen) atoms. The molecular weight excluding hydrogens is 373 g/mol. The van der Waals surface area contributed by atoms with E-state index in [1.165, 1.54) is 38.3 Å². The second-order valence-electron chi connectivity index (χ2n) is 4.91. The third kappa shape index (κ3) is 3.66. The molecule has 0 saturated carbocycles. The monoisotopic (exact) mass is 387 g/mol. The van der Waals surface area contributed by atoms with E-state index in [0.29, 0.717) is 10.8 Å². The van der Waals surface area contributed by atoms with Gasteiger partial charge in [0.1, 0.15) is 11.8 Å². The lowest BCUT2D eigenvalue weighted by atomic mass is 10.2. The van der Waals surface area contributed by atoms with Crippen LogP contribution in [-0.2, 0) is 14.8 Å². The molecule has 1 unspecified atom stereocenters. The highest BCUT2D eigenvalue weighted by atomic mass is 35.5. The van der Waals surface area contributed by atoms with E-state index in [1.807, 2.05) is 0 Å². The Bertz CT molecular complexity index is 837. The van der Waals surface area contributed by atoms with E-state index in [0.717, 1.165) is 4.31 Å². The minimum absolute atomic E-state index is 0.0115. The van der Waals surface area contributed by atoms with Gasteiger partial charge in [0, 0.05) is 5.02 Å². The van der Waals surface area contributed by atoms with E-state index >= 15 is 0 Å². The normalized spacial score (nSPS) is 12.5. The van der Waals surface area contributed by atoms with E-state index in [2.05, 4.69) is 0 Å². The van der Waals surface area contributed by atoms with Crippen molar-refractivity contribution in [3.05, 3.63) is 53.6 Å². The summed E-state index contributed by atoms with van der Waals surface area (Å²) < 4.78 is 32.3. The summed E-state index contributed by atoms with van der Waals surface area (Å²) in [5.74, 6) is 0.305. The molecule has 0 fully saturated rings. The molecule has 0 aromatic heterocycles. The van der Waals surface area contributed by atoms with Gasteiger partial charge in [0.05, 0.1) is 17.7 Å². The molecule has 1 atom stereocenters. The number of carbonyl (C=O) groups excluding carboxylic acids is 1. The zero-order valence-electron chi connectivity index (χ0n) is 12.9. The maximum absolute atomic E-state index is 13.1. The van der Waals surface area contributed by atoms with Crippen molar-refractivity contribution in [1.82, 2.24) is 0 Å². The van der Waals surface area contributed by atoms with Crippen molar-refractivity contribution >= 4 is 44.2 Å². The molecule has 0 saturated heterocycles. The largest absolute Gasteiger partial charge is 0.495 e. The van der Waals surface area contributed by atoms with Gasteiger partial charge in [-0.3, -0.25) is 9.10 Å². The first-order chi connectivity index (χ1) is 11.3. The number of benzene rings is 2. The Balaban J connectivity index is 2.66. The number of halogens is 2. The SMILES string of the molecule is COc1ccccc1N(C(C)C(=O)Cl)S(=O)(=O)c1ccc(Cl)cc1. The third-order valence-electron chi connectivity index (χ3n) is 3.37. The predicted molar refractivity (Wildman–Crippen MR) is 94.4 cm³/mol. The molecule has 5 nitrogen and oxygen atoms in total. The van der Waals surface area contributed by atoms with Crippen LogP contribution in [0.15, 0.2) is 53.4 Å². The molecule has 0 aliphatic carbocycles. The standard InChI is InChI=1S/C16H15Cl2NO4S/c1-11(16(18)20)19(14-5-3-4-6-15(14)23-2)24(21,22)13-9-7-12(17)8-10-13/h3-11H,1-2H3. The van der Waals surface area contributed by atoms with E-state index in [9.17, 15) is 13.2 Å². The summed E-state index contributed by atoms with van der Waals surface area (Å²) in [5.41, 5.74) is 0.219. The Morgan fingerprint density at radius 2 is 1.71 bits per heavy atom. The van der Waals surface area contributed by atoms with Crippen LogP contribution in [0.1, 0.15) is 6.92 Å². The van der Waals surface area contributed by atoms with Crippen molar-refractivity contribution < 1.29 is 17.9 Å². The van der Waals surface area contributed by atoms with Gasteiger partial charge in [0.25, 0.3) is 10.0 Å². The lowest BCUT2D eigenvalue weighted by Crippen LogP contribution is -2.42. The highest BCUT2D eigenvalue weighted by molar-refractivity contribution is 7.93. The number of anilines is 1. The molecule has 0 aliphatic rings. The van der Waals surface area contributed by atoms with E-state index < -0.39 is 21.3 Å². The number of sulfonamides is 1. The van der Waals surface area contributed by atoms with Gasteiger partial charge in [-0.25, -0.2) is 8.42 Å². The van der Waals surface area contributed by atoms with Crippen LogP contribution < -0.4 is 9.04 Å². The zero-order valence-corrected chi connectivity index (χ0v) is 15.3. The molecule has 0 amide bonds. The second-order valence-corrected chi connectivity index (χ2v) is 7.53. The lowest BCUT2D eigenvalue weighted by molar-refractivity contribution is -0.112. The second kappa shape index (κ2) is 7.42. The van der Waals surface area contributed by atoms with E-state index in [-0.39, 0.29) is 10.6 Å². The van der Waals surface area contributed by atoms with Crippen molar-refractivity contribution in [2.45, 2.75) is 17.9 Å². The minimum atomic E-state index is -4.06. The predicted octanol–water partition coefficient (Wildman–Crippen LogP) is 3.70. The van der Waals surface area contributed by atoms with Crippen LogP contribution in [-0.4, -0.2) is 26.8 Å². The fourth-order valence-electron chi connectivity index (χ4n) is 2.17. The number of hydrogen-bond donors (Lipinski definition) is 0. The molecule has 2 aromatic carbocycles. The van der Waals surface area contributed by atoms with Crippen LogP contribution in [0.25, 0.3) is 0 Å². The zero-order chi connectivity index (χ0) is 17.9. The molecule has 0 spiro atoms. The fraction of sp³-hybridized carbons (Fsp3) is 0.188. The molecule has 0 N–H and O–H groups in total. The first-order valence-corrected chi connectivity index (χ1v) is 9.11. The van der Waals surface area contributed by atoms with Crippen LogP contribution in [0, 0.1) is 0 Å². The summed E-state index contributed by atoms with van der Waals surface area (Å²) in [6, 6.07) is 11.0. The summed E-state index contributed by atoms with van der Waals surface area (Å²) in [5, 5.41) is -0.405. The van der Waals surface area contributed by atoms with E-state index in [1.54, 1.807) is 24.3 Å². The fourth-order valence-corrected chi connectivity index (χ4v) is 4.08. The van der Waals surface area contributed by atoms with Gasteiger partial charge in [-0.1, -0.05) is 23.7 Å². The van der Waals surface area contributed by atoms with Gasteiger partial charge in [-0.05, 0) is 54.9 Å². The van der Waals surface area contributed by atoms with E-state index in [4.69, 9.17) is 27.9 Å². The maximum atomic E-state index is 13.1. The molecule has 2 aromatic rings. The highest BCUT2D eigenvalue weighted by Gasteiger charge is 2.34. The number of para-hydroxylation sites is 2. The molecule has 2 rings (SSSR count). The number of rotatable bonds is 6. The van der Waals surface area contributed by atoms with Crippen molar-refractivity contribution in [3.8, 4) is 5.75 Å². The Kier molecular flexibility index (Phi) is 5.74. The van der Waals surface area contributed by atoms with Crippen molar-refractivity contribution in [1.29, 1.82) is 0 Å². The molecule has 8 heteroatoms. The first-order valence-electron chi connectivity index (χ1n) is 6.91. The van der Waals surface area contributed by atoms with Gasteiger partial charge in [0.15, 0.2) is 0 Å². The Morgan fingerprint density at radius 1 is 1.12 bits per heavy atom. The molecule has 0 aliphatic heterocycles. The van der Waals surface area contributed by atoms with Crippen LogP contribution in [0.4, 0.5) is 5.69 Å². The summed E-state index contributed by atoms with van der Waals surface area (Å²) >= 11 is 11.4. The molecular formula is C16H15Cl2NO4S. The smallest absolute Gasteiger partial charge is 0.265 e. The third-order valence-corrected chi connectivity index (χ3v) is 5.84. The van der Waals surface area contributed by atoms with Crippen molar-refractivity contribution in [2.24, 2.45) is 0 Å². The molecule has 0 bridgehead atoms. The molecule has 0 radical (unpaired) electrons. The number of nitrogens with zero attached hydrogens (tertiary/aromatic N) is 1. The Morgan fingerprint density at radius 3 is 2.25 bits per heavy atom. The van der Waals surface area contributed by atoms with Gasteiger partial charge < -0.3 is 4.74 Å².